The van der Waals surface area contributed by atoms with Gasteiger partial charge in [-0.2, -0.15) is 0 Å². The third-order valence-electron chi connectivity index (χ3n) is 5.17. The molecule has 0 saturated heterocycles. The number of nitrogens with two attached hydrogens (primary N) is 1. The molecule has 0 atom stereocenters. The lowest BCUT2D eigenvalue weighted by molar-refractivity contribution is 0.0996. The van der Waals surface area contributed by atoms with Crippen LogP contribution in [0.2, 0.25) is 5.02 Å². The Morgan fingerprint density at radius 1 is 1.17 bits per heavy atom. The fourth-order valence-corrected chi connectivity index (χ4v) is 4.09. The second-order valence-corrected chi connectivity index (χ2v) is 7.51. The molecule has 4 rings (SSSR count). The van der Waals surface area contributed by atoms with Gasteiger partial charge in [-0.3, -0.25) is 9.59 Å². The summed E-state index contributed by atoms with van der Waals surface area (Å²) in [5, 5.41) is 1.36. The molecule has 2 aromatic carbocycles. The quantitative estimate of drug-likeness (QED) is 0.611. The van der Waals surface area contributed by atoms with E-state index in [2.05, 4.69) is 6.92 Å². The lowest BCUT2D eigenvalue weighted by Crippen LogP contribution is -2.11. The number of hydrogen-bond donors (Lipinski definition) is 1. The number of ether oxygens (including phenoxy) is 2. The minimum absolute atomic E-state index is 0.0131. The van der Waals surface area contributed by atoms with Gasteiger partial charge in [-0.25, -0.2) is 0 Å². The predicted molar refractivity (Wildman–Crippen MR) is 111 cm³/mol. The molecule has 7 heteroatoms. The maximum absolute atomic E-state index is 12.5. The van der Waals surface area contributed by atoms with Crippen LogP contribution in [0.3, 0.4) is 0 Å². The smallest absolute Gasteiger partial charge is 0.248 e. The molecule has 0 radical (unpaired) electrons. The number of hydrogen-bond acceptors (Lipinski definition) is 4. The van der Waals surface area contributed by atoms with Crippen LogP contribution in [0.15, 0.2) is 30.3 Å². The Bertz CT molecular complexity index is 1150. The largest absolute Gasteiger partial charge is 0.454 e. The van der Waals surface area contributed by atoms with Gasteiger partial charge in [0, 0.05) is 39.8 Å². The van der Waals surface area contributed by atoms with E-state index in [9.17, 15) is 9.59 Å². The Hall–Kier alpha value is -2.99. The Morgan fingerprint density at radius 3 is 2.55 bits per heavy atom. The van der Waals surface area contributed by atoms with Crippen LogP contribution in [0.1, 0.15) is 52.2 Å². The third-order valence-corrected chi connectivity index (χ3v) is 5.52. The van der Waals surface area contributed by atoms with Crippen LogP contribution < -0.4 is 15.2 Å². The molecule has 2 N–H and O–H groups in total. The van der Waals surface area contributed by atoms with E-state index in [-0.39, 0.29) is 12.6 Å². The molecule has 1 amide bonds. The highest BCUT2D eigenvalue weighted by Crippen LogP contribution is 2.38. The van der Waals surface area contributed by atoms with Gasteiger partial charge in [0.2, 0.25) is 12.7 Å². The van der Waals surface area contributed by atoms with E-state index < -0.39 is 5.91 Å². The van der Waals surface area contributed by atoms with Gasteiger partial charge in [-0.1, -0.05) is 31.0 Å². The lowest BCUT2D eigenvalue weighted by atomic mass is 10.0. The topological polar surface area (TPSA) is 83.6 Å². The maximum atomic E-state index is 12.5. The zero-order chi connectivity index (χ0) is 20.7. The number of benzene rings is 2. The first-order valence-corrected chi connectivity index (χ1v) is 9.82. The lowest BCUT2D eigenvalue weighted by Gasteiger charge is -2.13. The molecule has 0 bridgehead atoms. The van der Waals surface area contributed by atoms with E-state index in [1.807, 2.05) is 10.6 Å². The zero-order valence-corrected chi connectivity index (χ0v) is 17.0. The van der Waals surface area contributed by atoms with Gasteiger partial charge in [-0.15, -0.1) is 0 Å². The van der Waals surface area contributed by atoms with E-state index >= 15 is 0 Å². The molecule has 2 heterocycles. The molecule has 0 fully saturated rings. The molecule has 0 unspecified atom stereocenters. The number of carbonyl (C=O) groups excluding carboxylic acids is 2. The molecule has 150 valence electrons. The Morgan fingerprint density at radius 2 is 1.90 bits per heavy atom. The van der Waals surface area contributed by atoms with Crippen LogP contribution in [0.25, 0.3) is 10.9 Å². The Labute approximate surface area is 173 Å². The molecule has 0 spiro atoms. The van der Waals surface area contributed by atoms with Crippen LogP contribution in [0.4, 0.5) is 0 Å². The number of aromatic nitrogens is 1. The van der Waals surface area contributed by atoms with Crippen molar-refractivity contribution in [2.45, 2.75) is 33.2 Å². The molecular weight excluding hydrogens is 392 g/mol. The molecule has 1 aromatic heterocycles. The van der Waals surface area contributed by atoms with Crippen LogP contribution >= 0.6 is 11.6 Å². The van der Waals surface area contributed by atoms with Crippen LogP contribution in [0.5, 0.6) is 11.5 Å². The van der Waals surface area contributed by atoms with Gasteiger partial charge in [0.15, 0.2) is 17.3 Å². The summed E-state index contributed by atoms with van der Waals surface area (Å²) in [6, 6.07) is 8.79. The van der Waals surface area contributed by atoms with Crippen molar-refractivity contribution >= 4 is 34.2 Å². The summed E-state index contributed by atoms with van der Waals surface area (Å²) in [5.74, 6) is 0.732. The van der Waals surface area contributed by atoms with Crippen LogP contribution in [-0.4, -0.2) is 23.1 Å². The van der Waals surface area contributed by atoms with Gasteiger partial charge < -0.3 is 19.8 Å². The maximum Gasteiger partial charge on any atom is 0.248 e. The summed E-state index contributed by atoms with van der Waals surface area (Å²) in [7, 11) is 0. The van der Waals surface area contributed by atoms with Crippen molar-refractivity contribution in [3.63, 3.8) is 0 Å². The first-order valence-electron chi connectivity index (χ1n) is 9.44. The van der Waals surface area contributed by atoms with Gasteiger partial charge in [-0.05, 0) is 37.1 Å². The van der Waals surface area contributed by atoms with E-state index in [0.29, 0.717) is 34.2 Å². The number of primary amides is 1. The second-order valence-electron chi connectivity index (χ2n) is 7.11. The summed E-state index contributed by atoms with van der Waals surface area (Å²) in [6.07, 6.45) is 1.59. The minimum atomic E-state index is -0.512. The minimum Gasteiger partial charge on any atom is -0.454 e. The molecular formula is C22H21ClN2O4. The fraction of sp³-hybridized carbons (Fsp3) is 0.273. The van der Waals surface area contributed by atoms with Crippen LogP contribution in [0, 0.1) is 0 Å². The number of amides is 1. The van der Waals surface area contributed by atoms with Gasteiger partial charge in [0.1, 0.15) is 0 Å². The molecule has 29 heavy (non-hydrogen) atoms. The van der Waals surface area contributed by atoms with Crippen molar-refractivity contribution in [1.29, 1.82) is 0 Å². The molecule has 0 aliphatic carbocycles. The van der Waals surface area contributed by atoms with Crippen molar-refractivity contribution in [1.82, 2.24) is 4.57 Å². The number of fused-ring (bicyclic) bond motifs is 2. The molecule has 0 saturated carbocycles. The molecule has 1 aliphatic rings. The van der Waals surface area contributed by atoms with Crippen molar-refractivity contribution in [2.75, 3.05) is 6.79 Å². The third kappa shape index (κ3) is 3.34. The van der Waals surface area contributed by atoms with Gasteiger partial charge in [0.05, 0.1) is 5.52 Å². The summed E-state index contributed by atoms with van der Waals surface area (Å²) in [5.41, 5.74) is 9.10. The summed E-state index contributed by atoms with van der Waals surface area (Å²) >= 11 is 6.50. The van der Waals surface area contributed by atoms with Crippen molar-refractivity contribution in [2.24, 2.45) is 5.73 Å². The number of ketones is 1. The van der Waals surface area contributed by atoms with Gasteiger partial charge in [0.25, 0.3) is 0 Å². The summed E-state index contributed by atoms with van der Waals surface area (Å²) in [4.78, 5) is 24.2. The summed E-state index contributed by atoms with van der Waals surface area (Å²) in [6.45, 7) is 4.22. The predicted octanol–water partition coefficient (Wildman–Crippen LogP) is 4.33. The molecule has 1 aliphatic heterocycles. The average Bonchev–Trinajstić information content (AvgIpc) is 3.24. The Balaban J connectivity index is 1.94. The normalized spacial score (nSPS) is 12.5. The van der Waals surface area contributed by atoms with Crippen molar-refractivity contribution in [3.05, 3.63) is 57.7 Å². The number of Topliss-reactive ketones (excluding diaryl/α,β-unsaturated/α-hetero) is 1. The van der Waals surface area contributed by atoms with E-state index in [1.54, 1.807) is 31.2 Å². The number of nitrogens with zero attached hydrogens (tertiary/aromatic N) is 1. The number of rotatable bonds is 6. The first kappa shape index (κ1) is 19.3. The average molecular weight is 413 g/mol. The monoisotopic (exact) mass is 412 g/mol. The highest BCUT2D eigenvalue weighted by molar-refractivity contribution is 6.31. The summed E-state index contributed by atoms with van der Waals surface area (Å²) < 4.78 is 12.9. The van der Waals surface area contributed by atoms with E-state index in [1.165, 1.54) is 0 Å². The highest BCUT2D eigenvalue weighted by Gasteiger charge is 2.23. The molecule has 3 aromatic rings. The fourth-order valence-electron chi connectivity index (χ4n) is 3.88. The zero-order valence-electron chi connectivity index (χ0n) is 16.3. The van der Waals surface area contributed by atoms with E-state index in [0.717, 1.165) is 35.0 Å². The van der Waals surface area contributed by atoms with Gasteiger partial charge >= 0.3 is 0 Å². The standard InChI is InChI=1S/C22H21ClN2O4/c1-3-4-17-21(12(2)26)15-6-5-13(22(24)27)7-18(15)25(17)10-14-8-19-20(9-16(14)23)29-11-28-19/h5-9H,3-4,10-11H2,1-2H3,(H2,24,27). The first-order chi connectivity index (χ1) is 13.9. The molecule has 6 nitrogen and oxygen atoms in total. The van der Waals surface area contributed by atoms with Crippen molar-refractivity contribution < 1.29 is 19.1 Å². The van der Waals surface area contributed by atoms with E-state index in [4.69, 9.17) is 26.8 Å². The number of halogens is 1. The second kappa shape index (κ2) is 7.44. The Kier molecular flexibility index (Phi) is 4.96. The SMILES string of the molecule is CCCc1c(C(C)=O)c2ccc(C(N)=O)cc2n1Cc1cc2c(cc1Cl)OCO2. The van der Waals surface area contributed by atoms with Crippen LogP contribution in [-0.2, 0) is 13.0 Å². The highest BCUT2D eigenvalue weighted by atomic mass is 35.5. The van der Waals surface area contributed by atoms with Crippen molar-refractivity contribution in [3.8, 4) is 11.5 Å². The number of carbonyl (C=O) groups is 2.